The minimum atomic E-state index is -0.752. The van der Waals surface area contributed by atoms with Crippen molar-refractivity contribution in [2.45, 2.75) is 52.0 Å². The van der Waals surface area contributed by atoms with E-state index in [1.165, 1.54) is 4.88 Å². The van der Waals surface area contributed by atoms with Crippen molar-refractivity contribution in [1.82, 2.24) is 5.32 Å². The van der Waals surface area contributed by atoms with Crippen molar-refractivity contribution in [2.24, 2.45) is 5.92 Å². The molecule has 2 N–H and O–H groups in total. The first-order valence-corrected chi connectivity index (χ1v) is 7.91. The molecule has 1 rings (SSSR count). The number of carbonyl (C=O) groups excluding carboxylic acids is 1. The molecule has 0 aliphatic heterocycles. The SMILES string of the molecule is CC(CCCC(C)C(=O)O)NC(=O)CCc1cccs1. The number of carboxylic acid groups (broad SMARTS) is 1. The van der Waals surface area contributed by atoms with Gasteiger partial charge in [0, 0.05) is 17.3 Å². The standard InChI is InChI=1S/C15H23NO3S/c1-11(15(18)19)5-3-6-12(2)16-14(17)9-8-13-7-4-10-20-13/h4,7,10-12H,3,5-6,8-9H2,1-2H3,(H,16,17)(H,18,19). The maximum absolute atomic E-state index is 11.8. The summed E-state index contributed by atoms with van der Waals surface area (Å²) in [5.74, 6) is -0.994. The molecule has 1 aromatic rings. The van der Waals surface area contributed by atoms with Crippen LogP contribution in [0.25, 0.3) is 0 Å². The predicted molar refractivity (Wildman–Crippen MR) is 80.9 cm³/mol. The number of thiophene rings is 1. The Hall–Kier alpha value is -1.36. The van der Waals surface area contributed by atoms with Crippen LogP contribution in [0.2, 0.25) is 0 Å². The molecule has 0 aromatic carbocycles. The molecule has 0 bridgehead atoms. The van der Waals surface area contributed by atoms with E-state index in [0.29, 0.717) is 12.8 Å². The fourth-order valence-corrected chi connectivity index (χ4v) is 2.67. The van der Waals surface area contributed by atoms with Crippen LogP contribution in [-0.4, -0.2) is 23.0 Å². The lowest BCUT2D eigenvalue weighted by molar-refractivity contribution is -0.141. The monoisotopic (exact) mass is 297 g/mol. The van der Waals surface area contributed by atoms with Crippen molar-refractivity contribution in [3.05, 3.63) is 22.4 Å². The molecule has 0 saturated heterocycles. The summed E-state index contributed by atoms with van der Waals surface area (Å²) in [6.45, 7) is 3.68. The Balaban J connectivity index is 2.13. The van der Waals surface area contributed by atoms with Gasteiger partial charge in [0.15, 0.2) is 0 Å². The van der Waals surface area contributed by atoms with Crippen LogP contribution in [0.1, 0.15) is 44.4 Å². The normalized spacial score (nSPS) is 13.7. The molecule has 1 amide bonds. The molecular weight excluding hydrogens is 274 g/mol. The first-order valence-electron chi connectivity index (χ1n) is 7.03. The van der Waals surface area contributed by atoms with Crippen molar-refractivity contribution in [2.75, 3.05) is 0 Å². The average molecular weight is 297 g/mol. The third-order valence-corrected chi connectivity index (χ3v) is 4.22. The summed E-state index contributed by atoms with van der Waals surface area (Å²) in [6.07, 6.45) is 3.59. The fraction of sp³-hybridized carbons (Fsp3) is 0.600. The van der Waals surface area contributed by atoms with E-state index in [4.69, 9.17) is 5.11 Å². The Bertz CT molecular complexity index is 417. The molecule has 0 radical (unpaired) electrons. The topological polar surface area (TPSA) is 66.4 Å². The molecule has 20 heavy (non-hydrogen) atoms. The van der Waals surface area contributed by atoms with E-state index in [1.54, 1.807) is 18.3 Å². The van der Waals surface area contributed by atoms with E-state index >= 15 is 0 Å². The van der Waals surface area contributed by atoms with Crippen LogP contribution in [0, 0.1) is 5.92 Å². The van der Waals surface area contributed by atoms with Crippen molar-refractivity contribution < 1.29 is 14.7 Å². The Morgan fingerprint density at radius 2 is 2.10 bits per heavy atom. The highest BCUT2D eigenvalue weighted by Gasteiger charge is 2.12. The van der Waals surface area contributed by atoms with Gasteiger partial charge >= 0.3 is 5.97 Å². The third kappa shape index (κ3) is 6.70. The van der Waals surface area contributed by atoms with Gasteiger partial charge in [0.05, 0.1) is 5.92 Å². The highest BCUT2D eigenvalue weighted by molar-refractivity contribution is 7.09. The van der Waals surface area contributed by atoms with Gasteiger partial charge in [-0.2, -0.15) is 0 Å². The van der Waals surface area contributed by atoms with Gasteiger partial charge in [-0.15, -0.1) is 11.3 Å². The number of carboxylic acids is 1. The Labute approximate surface area is 124 Å². The van der Waals surface area contributed by atoms with Crippen LogP contribution in [0.4, 0.5) is 0 Å². The van der Waals surface area contributed by atoms with Crippen LogP contribution in [-0.2, 0) is 16.0 Å². The van der Waals surface area contributed by atoms with Gasteiger partial charge < -0.3 is 10.4 Å². The molecule has 4 nitrogen and oxygen atoms in total. The lowest BCUT2D eigenvalue weighted by Gasteiger charge is -2.14. The van der Waals surface area contributed by atoms with Gasteiger partial charge in [-0.3, -0.25) is 9.59 Å². The maximum Gasteiger partial charge on any atom is 0.306 e. The summed E-state index contributed by atoms with van der Waals surface area (Å²) in [6, 6.07) is 4.13. The van der Waals surface area contributed by atoms with E-state index in [9.17, 15) is 9.59 Å². The van der Waals surface area contributed by atoms with Crippen LogP contribution in [0.5, 0.6) is 0 Å². The van der Waals surface area contributed by atoms with E-state index < -0.39 is 5.97 Å². The molecule has 5 heteroatoms. The zero-order chi connectivity index (χ0) is 15.0. The summed E-state index contributed by atoms with van der Waals surface area (Å²) < 4.78 is 0. The minimum Gasteiger partial charge on any atom is -0.481 e. The lowest BCUT2D eigenvalue weighted by atomic mass is 10.0. The zero-order valence-electron chi connectivity index (χ0n) is 12.1. The first kappa shape index (κ1) is 16.7. The van der Waals surface area contributed by atoms with E-state index in [0.717, 1.165) is 19.3 Å². The Kier molecular flexibility index (Phi) is 7.30. The molecular formula is C15H23NO3S. The largest absolute Gasteiger partial charge is 0.481 e. The average Bonchev–Trinajstić information content (AvgIpc) is 2.89. The summed E-state index contributed by atoms with van der Waals surface area (Å²) in [7, 11) is 0. The lowest BCUT2D eigenvalue weighted by Crippen LogP contribution is -2.32. The van der Waals surface area contributed by atoms with Crippen molar-refractivity contribution in [3.63, 3.8) is 0 Å². The number of amides is 1. The molecule has 1 aromatic heterocycles. The minimum absolute atomic E-state index is 0.0668. The maximum atomic E-state index is 11.8. The first-order chi connectivity index (χ1) is 9.49. The molecule has 0 fully saturated rings. The number of hydrogen-bond donors (Lipinski definition) is 2. The van der Waals surface area contributed by atoms with Crippen LogP contribution in [0.15, 0.2) is 17.5 Å². The number of rotatable bonds is 9. The Morgan fingerprint density at radius 3 is 2.70 bits per heavy atom. The predicted octanol–water partition coefficient (Wildman–Crippen LogP) is 3.08. The van der Waals surface area contributed by atoms with Gasteiger partial charge in [0.1, 0.15) is 0 Å². The summed E-state index contributed by atoms with van der Waals surface area (Å²) >= 11 is 1.67. The van der Waals surface area contributed by atoms with Crippen molar-refractivity contribution in [3.8, 4) is 0 Å². The van der Waals surface area contributed by atoms with Gasteiger partial charge in [0.2, 0.25) is 5.91 Å². The second-order valence-electron chi connectivity index (χ2n) is 5.22. The summed E-state index contributed by atoms with van der Waals surface area (Å²) in [5.41, 5.74) is 0. The number of hydrogen-bond acceptors (Lipinski definition) is 3. The van der Waals surface area contributed by atoms with Crippen molar-refractivity contribution >= 4 is 23.2 Å². The molecule has 2 unspecified atom stereocenters. The number of aliphatic carboxylic acids is 1. The van der Waals surface area contributed by atoms with Crippen LogP contribution < -0.4 is 5.32 Å². The van der Waals surface area contributed by atoms with E-state index in [2.05, 4.69) is 5.32 Å². The summed E-state index contributed by atoms with van der Waals surface area (Å²) in [5, 5.41) is 13.8. The number of aryl methyl sites for hydroxylation is 1. The fourth-order valence-electron chi connectivity index (χ4n) is 1.96. The smallest absolute Gasteiger partial charge is 0.306 e. The van der Waals surface area contributed by atoms with Crippen molar-refractivity contribution in [1.29, 1.82) is 0 Å². The molecule has 0 spiro atoms. The van der Waals surface area contributed by atoms with E-state index in [-0.39, 0.29) is 17.9 Å². The second-order valence-corrected chi connectivity index (χ2v) is 6.25. The van der Waals surface area contributed by atoms with Gasteiger partial charge in [0.25, 0.3) is 0 Å². The second kappa shape index (κ2) is 8.74. The number of nitrogens with one attached hydrogen (secondary N) is 1. The quantitative estimate of drug-likeness (QED) is 0.736. The van der Waals surface area contributed by atoms with Gasteiger partial charge in [-0.25, -0.2) is 0 Å². The highest BCUT2D eigenvalue weighted by Crippen LogP contribution is 2.12. The molecule has 0 aliphatic rings. The molecule has 2 atom stereocenters. The zero-order valence-corrected chi connectivity index (χ0v) is 12.9. The van der Waals surface area contributed by atoms with Crippen LogP contribution >= 0.6 is 11.3 Å². The van der Waals surface area contributed by atoms with Crippen LogP contribution in [0.3, 0.4) is 0 Å². The highest BCUT2D eigenvalue weighted by atomic mass is 32.1. The molecule has 112 valence electrons. The van der Waals surface area contributed by atoms with Gasteiger partial charge in [-0.05, 0) is 37.6 Å². The molecule has 1 heterocycles. The molecule has 0 aliphatic carbocycles. The van der Waals surface area contributed by atoms with Gasteiger partial charge in [-0.1, -0.05) is 19.4 Å². The number of carbonyl (C=O) groups is 2. The Morgan fingerprint density at radius 1 is 1.35 bits per heavy atom. The third-order valence-electron chi connectivity index (χ3n) is 3.28. The van der Waals surface area contributed by atoms with E-state index in [1.807, 2.05) is 24.4 Å². The molecule has 0 saturated carbocycles. The summed E-state index contributed by atoms with van der Waals surface area (Å²) in [4.78, 5) is 23.7.